The molecule has 8 heteroatoms. The van der Waals surface area contributed by atoms with Gasteiger partial charge < -0.3 is 4.74 Å². The molecule has 0 fully saturated rings. The van der Waals surface area contributed by atoms with E-state index in [1.165, 1.54) is 13.8 Å². The van der Waals surface area contributed by atoms with Gasteiger partial charge in [-0.2, -0.15) is 26.3 Å². The van der Waals surface area contributed by atoms with Gasteiger partial charge in [-0.05, 0) is 18.8 Å². The van der Waals surface area contributed by atoms with Crippen LogP contribution in [0.25, 0.3) is 0 Å². The van der Waals surface area contributed by atoms with E-state index in [4.69, 9.17) is 0 Å². The molecule has 0 aromatic carbocycles. The highest BCUT2D eigenvalue weighted by Gasteiger charge is 2.60. The first kappa shape index (κ1) is 18.0. The Morgan fingerprint density at radius 2 is 1.58 bits per heavy atom. The first-order valence-corrected chi connectivity index (χ1v) is 5.66. The number of esters is 1. The fourth-order valence-corrected chi connectivity index (χ4v) is 1.79. The van der Waals surface area contributed by atoms with Gasteiger partial charge in [0.15, 0.2) is 12.0 Å². The van der Waals surface area contributed by atoms with Crippen LogP contribution in [0.15, 0.2) is 0 Å². The molecule has 0 saturated heterocycles. The molecule has 1 atom stereocenters. The quantitative estimate of drug-likeness (QED) is 0.564. The summed E-state index contributed by atoms with van der Waals surface area (Å²) in [4.78, 5) is 11.5. The maximum Gasteiger partial charge on any atom is 0.422 e. The third-order valence-corrected chi connectivity index (χ3v) is 2.66. The van der Waals surface area contributed by atoms with Crippen LogP contribution in [0, 0.1) is 11.3 Å². The second-order valence-electron chi connectivity index (χ2n) is 4.72. The summed E-state index contributed by atoms with van der Waals surface area (Å²) in [5, 5.41) is 0. The van der Waals surface area contributed by atoms with Gasteiger partial charge in [0, 0.05) is 0 Å². The highest BCUT2D eigenvalue weighted by atomic mass is 19.4. The van der Waals surface area contributed by atoms with Crippen molar-refractivity contribution in [3.05, 3.63) is 0 Å². The van der Waals surface area contributed by atoms with Crippen molar-refractivity contribution in [2.75, 3.05) is 6.61 Å². The zero-order chi connectivity index (χ0) is 15.5. The Hall–Kier alpha value is -0.950. The molecule has 0 heterocycles. The molecule has 114 valence electrons. The summed E-state index contributed by atoms with van der Waals surface area (Å²) in [7, 11) is 0. The van der Waals surface area contributed by atoms with Gasteiger partial charge in [-0.3, -0.25) is 4.79 Å². The fraction of sp³-hybridized carbons (Fsp3) is 0.909. The van der Waals surface area contributed by atoms with Gasteiger partial charge in [0.25, 0.3) is 0 Å². The van der Waals surface area contributed by atoms with E-state index in [2.05, 4.69) is 4.74 Å². The maximum absolute atomic E-state index is 13.0. The molecule has 0 N–H and O–H groups in total. The fourth-order valence-electron chi connectivity index (χ4n) is 1.79. The summed E-state index contributed by atoms with van der Waals surface area (Å²) in [6, 6.07) is 0. The van der Waals surface area contributed by atoms with E-state index in [0.29, 0.717) is 0 Å². The number of carbonyl (C=O) groups excluding carboxylic acids is 1. The van der Waals surface area contributed by atoms with Crippen molar-refractivity contribution in [3.63, 3.8) is 0 Å². The molecule has 19 heavy (non-hydrogen) atoms. The third-order valence-electron chi connectivity index (χ3n) is 2.66. The molecule has 0 spiro atoms. The van der Waals surface area contributed by atoms with Crippen molar-refractivity contribution in [1.29, 1.82) is 0 Å². The highest BCUT2D eigenvalue weighted by Crippen LogP contribution is 2.47. The second-order valence-corrected chi connectivity index (χ2v) is 4.72. The minimum Gasteiger partial charge on any atom is -0.455 e. The lowest BCUT2D eigenvalue weighted by atomic mass is 9.77. The van der Waals surface area contributed by atoms with E-state index in [1.54, 1.807) is 0 Å². The summed E-state index contributed by atoms with van der Waals surface area (Å²) in [6.45, 7) is 1.99. The van der Waals surface area contributed by atoms with E-state index in [0.717, 1.165) is 6.92 Å². The van der Waals surface area contributed by atoms with Crippen molar-refractivity contribution >= 4 is 5.97 Å². The molecule has 0 aromatic rings. The van der Waals surface area contributed by atoms with Crippen LogP contribution in [0.4, 0.5) is 26.3 Å². The molecule has 0 radical (unpaired) electrons. The summed E-state index contributed by atoms with van der Waals surface area (Å²) in [5.74, 6) is -2.38. The van der Waals surface area contributed by atoms with Crippen LogP contribution in [-0.4, -0.2) is 24.9 Å². The first-order valence-electron chi connectivity index (χ1n) is 5.66. The van der Waals surface area contributed by atoms with Crippen molar-refractivity contribution in [2.45, 2.75) is 46.0 Å². The van der Waals surface area contributed by atoms with E-state index in [1.807, 2.05) is 0 Å². The lowest BCUT2D eigenvalue weighted by Crippen LogP contribution is -2.47. The number of rotatable bonds is 5. The topological polar surface area (TPSA) is 26.3 Å². The first-order chi connectivity index (χ1) is 8.35. The normalized spacial score (nSPS) is 16.3. The van der Waals surface area contributed by atoms with Crippen LogP contribution in [0.3, 0.4) is 0 Å². The van der Waals surface area contributed by atoms with Gasteiger partial charge in [-0.15, -0.1) is 0 Å². The average Bonchev–Trinajstić information content (AvgIpc) is 2.19. The summed E-state index contributed by atoms with van der Waals surface area (Å²) in [5.41, 5.74) is -2.88. The number of carbonyl (C=O) groups is 1. The van der Waals surface area contributed by atoms with Crippen molar-refractivity contribution in [1.82, 2.24) is 0 Å². The third kappa shape index (κ3) is 4.91. The Morgan fingerprint density at radius 3 is 1.84 bits per heavy atom. The van der Waals surface area contributed by atoms with Crippen LogP contribution in [0.5, 0.6) is 0 Å². The lowest BCUT2D eigenvalue weighted by molar-refractivity contribution is -0.248. The highest BCUT2D eigenvalue weighted by molar-refractivity contribution is 5.78. The van der Waals surface area contributed by atoms with Crippen LogP contribution in [0.2, 0.25) is 0 Å². The standard InChI is InChI=1S/C11H16F6O2/c1-4-9(5-7(2)3,11(15,16)17)8(18)19-6-10(12,13)14/h7H,4-6H2,1-3H3. The predicted octanol–water partition coefficient (Wildman–Crippen LogP) is 4.10. The van der Waals surface area contributed by atoms with Gasteiger partial charge in [-0.25, -0.2) is 0 Å². The summed E-state index contributed by atoms with van der Waals surface area (Å²) in [6.07, 6.45) is -11.1. The van der Waals surface area contributed by atoms with Crippen LogP contribution in [-0.2, 0) is 9.53 Å². The van der Waals surface area contributed by atoms with Gasteiger partial charge in [0.05, 0.1) is 0 Å². The van der Waals surface area contributed by atoms with Crippen LogP contribution in [0.1, 0.15) is 33.6 Å². The minimum atomic E-state index is -4.95. The van der Waals surface area contributed by atoms with E-state index >= 15 is 0 Å². The molecule has 0 amide bonds. The van der Waals surface area contributed by atoms with E-state index < -0.39 is 49.1 Å². The zero-order valence-corrected chi connectivity index (χ0v) is 10.8. The molecule has 0 aromatic heterocycles. The molecule has 0 aliphatic rings. The molecule has 0 bridgehead atoms. The Balaban J connectivity index is 5.18. The molecule has 1 unspecified atom stereocenters. The lowest BCUT2D eigenvalue weighted by Gasteiger charge is -2.33. The smallest absolute Gasteiger partial charge is 0.422 e. The summed E-state index contributed by atoms with van der Waals surface area (Å²) >= 11 is 0. The molecule has 2 nitrogen and oxygen atoms in total. The van der Waals surface area contributed by atoms with Crippen molar-refractivity contribution < 1.29 is 35.9 Å². The summed E-state index contributed by atoms with van der Waals surface area (Å²) < 4.78 is 78.6. The molecule has 0 rings (SSSR count). The van der Waals surface area contributed by atoms with E-state index in [9.17, 15) is 31.1 Å². The number of hydrogen-bond acceptors (Lipinski definition) is 2. The molecule has 0 saturated carbocycles. The monoisotopic (exact) mass is 294 g/mol. The van der Waals surface area contributed by atoms with Crippen LogP contribution >= 0.6 is 0 Å². The maximum atomic E-state index is 13.0. The van der Waals surface area contributed by atoms with Crippen LogP contribution < -0.4 is 0 Å². The minimum absolute atomic E-state index is 0.514. The molecular formula is C11H16F6O2. The SMILES string of the molecule is CCC(CC(C)C)(C(=O)OCC(F)(F)F)C(F)(F)F. The molecule has 0 aliphatic carbocycles. The van der Waals surface area contributed by atoms with Crippen molar-refractivity contribution in [3.8, 4) is 0 Å². The largest absolute Gasteiger partial charge is 0.455 e. The number of ether oxygens (including phenoxy) is 1. The van der Waals surface area contributed by atoms with E-state index in [-0.39, 0.29) is 0 Å². The van der Waals surface area contributed by atoms with Gasteiger partial charge in [0.1, 0.15) is 0 Å². The Morgan fingerprint density at radius 1 is 1.11 bits per heavy atom. The van der Waals surface area contributed by atoms with Gasteiger partial charge in [0.2, 0.25) is 0 Å². The van der Waals surface area contributed by atoms with Gasteiger partial charge in [-0.1, -0.05) is 20.8 Å². The predicted molar refractivity (Wildman–Crippen MR) is 55.2 cm³/mol. The number of alkyl halides is 6. The number of halogens is 6. The number of hydrogen-bond donors (Lipinski definition) is 0. The second kappa shape index (κ2) is 6.00. The molecule has 0 aliphatic heterocycles. The van der Waals surface area contributed by atoms with Gasteiger partial charge >= 0.3 is 18.3 Å². The molecular weight excluding hydrogens is 278 g/mol. The Labute approximate surface area is 107 Å². The Kier molecular flexibility index (Phi) is 5.70. The average molecular weight is 294 g/mol. The van der Waals surface area contributed by atoms with Crippen molar-refractivity contribution in [2.24, 2.45) is 11.3 Å². The zero-order valence-electron chi connectivity index (χ0n) is 10.8. The Bertz CT molecular complexity index is 307.